The van der Waals surface area contributed by atoms with Crippen molar-refractivity contribution >= 4 is 33.8 Å². The van der Waals surface area contributed by atoms with Crippen LogP contribution in [0.5, 0.6) is 0 Å². The maximum atomic E-state index is 12.3. The van der Waals surface area contributed by atoms with E-state index >= 15 is 0 Å². The van der Waals surface area contributed by atoms with Crippen molar-refractivity contribution in [2.45, 2.75) is 25.8 Å². The lowest BCUT2D eigenvalue weighted by molar-refractivity contribution is -0.143. The van der Waals surface area contributed by atoms with Crippen molar-refractivity contribution in [2.75, 3.05) is 19.4 Å². The summed E-state index contributed by atoms with van der Waals surface area (Å²) in [6.07, 6.45) is 7.05. The number of nitrogens with one attached hydrogen (secondary N) is 2. The van der Waals surface area contributed by atoms with Crippen LogP contribution in [-0.4, -0.2) is 56.1 Å². The van der Waals surface area contributed by atoms with E-state index in [4.69, 9.17) is 0 Å². The number of carbonyl (C=O) groups excluding carboxylic acids is 1. The van der Waals surface area contributed by atoms with E-state index in [1.165, 1.54) is 0 Å². The molecule has 0 aliphatic heterocycles. The lowest BCUT2D eigenvalue weighted by Gasteiger charge is -2.45. The van der Waals surface area contributed by atoms with Crippen LogP contribution >= 0.6 is 0 Å². The first kappa shape index (κ1) is 18.5. The van der Waals surface area contributed by atoms with Gasteiger partial charge in [-0.2, -0.15) is 15.2 Å². The molecule has 0 radical (unpaired) electrons. The number of H-pyrrole nitrogens is 1. The van der Waals surface area contributed by atoms with Gasteiger partial charge in [-0.3, -0.25) is 4.79 Å². The molecule has 4 aromatic rings. The van der Waals surface area contributed by atoms with E-state index < -0.39 is 0 Å². The first-order valence-corrected chi connectivity index (χ1v) is 9.97. The number of benzene rings is 1. The third-order valence-corrected chi connectivity index (χ3v) is 5.91. The fraction of sp³-hybridized carbons (Fsp3) is 0.318. The minimum absolute atomic E-state index is 0.173. The first-order chi connectivity index (χ1) is 14.4. The summed E-state index contributed by atoms with van der Waals surface area (Å²) < 4.78 is 0. The van der Waals surface area contributed by atoms with E-state index in [1.807, 2.05) is 37.5 Å². The number of carbonyl (C=O) groups is 1. The maximum absolute atomic E-state index is 12.3. The smallest absolute Gasteiger partial charge is 0.228 e. The molecule has 8 nitrogen and oxygen atoms in total. The van der Waals surface area contributed by atoms with E-state index in [-0.39, 0.29) is 17.4 Å². The molecule has 3 aromatic heterocycles. The van der Waals surface area contributed by atoms with Crippen LogP contribution in [0.2, 0.25) is 0 Å². The molecule has 1 fully saturated rings. The molecule has 0 spiro atoms. The highest BCUT2D eigenvalue weighted by Crippen LogP contribution is 2.43. The standard InChI is InChI=1S/C22H23N7O/c1-22(20(30)29(2)3)9-15(10-22)26-21-24-12-17-16(11-23-19(17)27-21)13-4-5-18-14(8-13)6-7-25-28-18/h4-8,11-12,15H,9-10H2,1-3H3,(H2,23,24,26,27). The summed E-state index contributed by atoms with van der Waals surface area (Å²) in [6.45, 7) is 2.02. The van der Waals surface area contributed by atoms with Crippen molar-refractivity contribution in [1.29, 1.82) is 0 Å². The molecule has 30 heavy (non-hydrogen) atoms. The van der Waals surface area contributed by atoms with Gasteiger partial charge in [0.25, 0.3) is 0 Å². The van der Waals surface area contributed by atoms with E-state index in [0.717, 1.165) is 45.9 Å². The molecule has 8 heteroatoms. The van der Waals surface area contributed by atoms with Crippen molar-refractivity contribution in [3.63, 3.8) is 0 Å². The Balaban J connectivity index is 1.36. The topological polar surface area (TPSA) is 99.7 Å². The number of rotatable bonds is 4. The highest BCUT2D eigenvalue weighted by Gasteiger charge is 2.47. The number of anilines is 1. The summed E-state index contributed by atoms with van der Waals surface area (Å²) in [5.41, 5.74) is 3.46. The second-order valence-corrected chi connectivity index (χ2v) is 8.47. The molecule has 152 valence electrons. The monoisotopic (exact) mass is 401 g/mol. The van der Waals surface area contributed by atoms with Gasteiger partial charge in [-0.15, -0.1) is 0 Å². The quantitative estimate of drug-likeness (QED) is 0.545. The Morgan fingerprint density at radius 3 is 2.90 bits per heavy atom. The summed E-state index contributed by atoms with van der Waals surface area (Å²) in [4.78, 5) is 26.4. The summed E-state index contributed by atoms with van der Waals surface area (Å²) in [7, 11) is 3.61. The zero-order valence-corrected chi connectivity index (χ0v) is 17.2. The van der Waals surface area contributed by atoms with Crippen molar-refractivity contribution in [3.8, 4) is 11.1 Å². The Morgan fingerprint density at radius 2 is 2.10 bits per heavy atom. The number of fused-ring (bicyclic) bond motifs is 2. The molecule has 0 saturated heterocycles. The molecule has 0 unspecified atom stereocenters. The number of aromatic amines is 1. The molecule has 2 N–H and O–H groups in total. The largest absolute Gasteiger partial charge is 0.351 e. The van der Waals surface area contributed by atoms with Crippen molar-refractivity contribution in [3.05, 3.63) is 42.9 Å². The fourth-order valence-corrected chi connectivity index (χ4v) is 4.40. The molecule has 1 aliphatic rings. The number of hydrogen-bond acceptors (Lipinski definition) is 6. The van der Waals surface area contributed by atoms with Crippen molar-refractivity contribution in [2.24, 2.45) is 5.41 Å². The summed E-state index contributed by atoms with van der Waals surface area (Å²) >= 11 is 0. The Labute approximate surface area is 173 Å². The first-order valence-electron chi connectivity index (χ1n) is 9.97. The minimum atomic E-state index is -0.300. The fourth-order valence-electron chi connectivity index (χ4n) is 4.40. The summed E-state index contributed by atoms with van der Waals surface area (Å²) in [5, 5.41) is 13.4. The average Bonchev–Trinajstić information content (AvgIpc) is 3.14. The van der Waals surface area contributed by atoms with E-state index in [1.54, 1.807) is 25.2 Å². The van der Waals surface area contributed by atoms with Crippen LogP contribution in [-0.2, 0) is 4.79 Å². The molecule has 1 amide bonds. The third kappa shape index (κ3) is 3.04. The van der Waals surface area contributed by atoms with Crippen LogP contribution in [0, 0.1) is 5.41 Å². The molecular weight excluding hydrogens is 378 g/mol. The predicted octanol–water partition coefficient (Wildman–Crippen LogP) is 3.24. The molecule has 3 heterocycles. The Hall–Kier alpha value is -3.55. The predicted molar refractivity (Wildman–Crippen MR) is 116 cm³/mol. The Morgan fingerprint density at radius 1 is 1.27 bits per heavy atom. The van der Waals surface area contributed by atoms with Gasteiger partial charge in [-0.1, -0.05) is 13.0 Å². The third-order valence-electron chi connectivity index (χ3n) is 5.91. The molecular formula is C22H23N7O. The van der Waals surface area contributed by atoms with Gasteiger partial charge in [0.2, 0.25) is 11.9 Å². The van der Waals surface area contributed by atoms with Gasteiger partial charge in [0.05, 0.1) is 17.1 Å². The normalized spacial score (nSPS) is 20.8. The zero-order chi connectivity index (χ0) is 20.9. The number of aromatic nitrogens is 5. The lowest BCUT2D eigenvalue weighted by Crippen LogP contribution is -2.52. The van der Waals surface area contributed by atoms with E-state index in [2.05, 4.69) is 36.5 Å². The number of nitrogens with zero attached hydrogens (tertiary/aromatic N) is 5. The van der Waals surface area contributed by atoms with Crippen LogP contribution in [0.1, 0.15) is 19.8 Å². The molecule has 0 atom stereocenters. The van der Waals surface area contributed by atoms with Gasteiger partial charge >= 0.3 is 0 Å². The number of amides is 1. The SMILES string of the molecule is CN(C)C(=O)C1(C)CC(Nc2ncc3c(-c4ccc5nnccc5c4)c[nH]c3n2)C1. The minimum Gasteiger partial charge on any atom is -0.351 e. The molecule has 1 aliphatic carbocycles. The molecule has 1 saturated carbocycles. The van der Waals surface area contributed by atoms with E-state index in [9.17, 15) is 4.79 Å². The van der Waals surface area contributed by atoms with Crippen LogP contribution in [0.3, 0.4) is 0 Å². The summed E-state index contributed by atoms with van der Waals surface area (Å²) in [5.74, 6) is 0.751. The van der Waals surface area contributed by atoms with Gasteiger partial charge in [-0.25, -0.2) is 4.98 Å². The van der Waals surface area contributed by atoms with Crippen LogP contribution in [0.25, 0.3) is 33.1 Å². The van der Waals surface area contributed by atoms with Crippen LogP contribution in [0.4, 0.5) is 5.95 Å². The highest BCUT2D eigenvalue weighted by atomic mass is 16.2. The lowest BCUT2D eigenvalue weighted by atomic mass is 9.66. The second-order valence-electron chi connectivity index (χ2n) is 8.47. The van der Waals surface area contributed by atoms with Gasteiger partial charge in [-0.05, 0) is 36.6 Å². The van der Waals surface area contributed by atoms with Gasteiger partial charge in [0.1, 0.15) is 5.65 Å². The molecule has 0 bridgehead atoms. The molecule has 1 aromatic carbocycles. The van der Waals surface area contributed by atoms with Gasteiger partial charge in [0, 0.05) is 48.9 Å². The Bertz CT molecular complexity index is 1260. The van der Waals surface area contributed by atoms with Crippen molar-refractivity contribution < 1.29 is 4.79 Å². The van der Waals surface area contributed by atoms with E-state index in [0.29, 0.717) is 5.95 Å². The van der Waals surface area contributed by atoms with Crippen LogP contribution in [0.15, 0.2) is 42.9 Å². The Kier molecular flexibility index (Phi) is 4.16. The van der Waals surface area contributed by atoms with Gasteiger partial charge in [0.15, 0.2) is 0 Å². The van der Waals surface area contributed by atoms with Gasteiger partial charge < -0.3 is 15.2 Å². The number of hydrogen-bond donors (Lipinski definition) is 2. The average molecular weight is 401 g/mol. The van der Waals surface area contributed by atoms with Crippen molar-refractivity contribution in [1.82, 2.24) is 30.0 Å². The zero-order valence-electron chi connectivity index (χ0n) is 17.2. The molecule has 5 rings (SSSR count). The van der Waals surface area contributed by atoms with Crippen LogP contribution < -0.4 is 5.32 Å². The second kappa shape index (κ2) is 6.76. The highest BCUT2D eigenvalue weighted by molar-refractivity contribution is 5.96. The maximum Gasteiger partial charge on any atom is 0.228 e. The summed E-state index contributed by atoms with van der Waals surface area (Å²) in [6, 6.07) is 8.24.